The van der Waals surface area contributed by atoms with E-state index >= 15 is 0 Å². The van der Waals surface area contributed by atoms with Crippen molar-refractivity contribution in [2.24, 2.45) is 0 Å². The molecule has 6 heteroatoms. The maximum absolute atomic E-state index is 12.2. The van der Waals surface area contributed by atoms with Crippen molar-refractivity contribution in [3.8, 4) is 0 Å². The molecule has 0 aliphatic carbocycles. The van der Waals surface area contributed by atoms with E-state index in [4.69, 9.17) is 4.74 Å². The Hall–Kier alpha value is -1.66. The van der Waals surface area contributed by atoms with Gasteiger partial charge in [0.25, 0.3) is 0 Å². The normalized spacial score (nSPS) is 30.4. The summed E-state index contributed by atoms with van der Waals surface area (Å²) in [7, 11) is 0. The van der Waals surface area contributed by atoms with Crippen molar-refractivity contribution >= 4 is 12.0 Å². The van der Waals surface area contributed by atoms with Crippen LogP contribution < -0.4 is 0 Å². The van der Waals surface area contributed by atoms with Gasteiger partial charge in [-0.1, -0.05) is 0 Å². The first-order chi connectivity index (χ1) is 9.70. The van der Waals surface area contributed by atoms with E-state index in [0.717, 1.165) is 18.5 Å². The van der Waals surface area contributed by atoms with E-state index in [1.54, 1.807) is 23.5 Å². The first kappa shape index (κ1) is 13.3. The molecule has 3 heterocycles. The number of aliphatic hydroxyl groups is 1. The number of likely N-dealkylation sites (tertiary alicyclic amines) is 1. The van der Waals surface area contributed by atoms with Crippen molar-refractivity contribution < 1.29 is 14.6 Å². The molecule has 6 nitrogen and oxygen atoms in total. The largest absolute Gasteiger partial charge is 0.390 e. The van der Waals surface area contributed by atoms with Crippen LogP contribution in [0, 0.1) is 0 Å². The number of carbonyl (C=O) groups excluding carboxylic acids is 1. The number of hydrogen-bond donors (Lipinski definition) is 2. The van der Waals surface area contributed by atoms with Gasteiger partial charge in [-0.05, 0) is 25.3 Å². The van der Waals surface area contributed by atoms with Crippen LogP contribution in [0.2, 0.25) is 0 Å². The predicted octanol–water partition coefficient (Wildman–Crippen LogP) is 0.565. The number of H-pyrrole nitrogens is 1. The summed E-state index contributed by atoms with van der Waals surface area (Å²) in [6.07, 6.45) is 8.35. The number of imidazole rings is 1. The van der Waals surface area contributed by atoms with Gasteiger partial charge >= 0.3 is 0 Å². The molecular weight excluding hydrogens is 258 g/mol. The Kier molecular flexibility index (Phi) is 3.58. The molecule has 20 heavy (non-hydrogen) atoms. The van der Waals surface area contributed by atoms with Crippen LogP contribution >= 0.6 is 0 Å². The molecule has 3 rings (SSSR count). The van der Waals surface area contributed by atoms with Crippen molar-refractivity contribution in [2.75, 3.05) is 19.7 Å². The maximum Gasteiger partial charge on any atom is 0.246 e. The Morgan fingerprint density at radius 1 is 1.65 bits per heavy atom. The van der Waals surface area contributed by atoms with Gasteiger partial charge in [0.05, 0.1) is 30.9 Å². The molecule has 2 saturated heterocycles. The molecule has 2 aliphatic rings. The minimum atomic E-state index is -0.546. The van der Waals surface area contributed by atoms with Crippen LogP contribution in [0.4, 0.5) is 0 Å². The molecule has 108 valence electrons. The second-order valence-corrected chi connectivity index (χ2v) is 5.42. The number of nitrogens with zero attached hydrogens (tertiary/aromatic N) is 2. The Morgan fingerprint density at radius 3 is 3.25 bits per heavy atom. The van der Waals surface area contributed by atoms with Gasteiger partial charge in [0.1, 0.15) is 5.60 Å². The van der Waals surface area contributed by atoms with Gasteiger partial charge in [0, 0.05) is 19.2 Å². The van der Waals surface area contributed by atoms with E-state index in [0.29, 0.717) is 26.1 Å². The topological polar surface area (TPSA) is 78.5 Å². The molecule has 2 atom stereocenters. The summed E-state index contributed by atoms with van der Waals surface area (Å²) in [5, 5.41) is 10.1. The summed E-state index contributed by atoms with van der Waals surface area (Å²) in [6.45, 7) is 1.71. The van der Waals surface area contributed by atoms with Gasteiger partial charge in [-0.3, -0.25) is 4.79 Å². The highest BCUT2D eigenvalue weighted by Gasteiger charge is 2.46. The number of rotatable bonds is 2. The van der Waals surface area contributed by atoms with Gasteiger partial charge in [-0.15, -0.1) is 0 Å². The van der Waals surface area contributed by atoms with Crippen molar-refractivity contribution in [2.45, 2.75) is 31.0 Å². The summed E-state index contributed by atoms with van der Waals surface area (Å²) < 4.78 is 5.74. The van der Waals surface area contributed by atoms with E-state index in [1.165, 1.54) is 6.08 Å². The average molecular weight is 277 g/mol. The highest BCUT2D eigenvalue weighted by Crippen LogP contribution is 2.34. The van der Waals surface area contributed by atoms with Crippen LogP contribution in [0.15, 0.2) is 18.6 Å². The summed E-state index contributed by atoms with van der Waals surface area (Å²) in [6, 6.07) is 0. The van der Waals surface area contributed by atoms with E-state index < -0.39 is 11.7 Å². The number of hydrogen-bond acceptors (Lipinski definition) is 4. The highest BCUT2D eigenvalue weighted by molar-refractivity contribution is 5.91. The fourth-order valence-corrected chi connectivity index (χ4v) is 2.97. The summed E-state index contributed by atoms with van der Waals surface area (Å²) in [5.41, 5.74) is 0.248. The zero-order valence-electron chi connectivity index (χ0n) is 11.3. The third kappa shape index (κ3) is 2.48. The van der Waals surface area contributed by atoms with E-state index in [-0.39, 0.29) is 5.91 Å². The van der Waals surface area contributed by atoms with Crippen LogP contribution in [0.3, 0.4) is 0 Å². The van der Waals surface area contributed by atoms with E-state index in [1.807, 2.05) is 0 Å². The Balaban J connectivity index is 1.66. The Labute approximate surface area is 117 Å². The highest BCUT2D eigenvalue weighted by atomic mass is 16.5. The number of aromatic nitrogens is 2. The number of aliphatic hydroxyl groups excluding tert-OH is 1. The number of piperidine rings is 1. The second kappa shape index (κ2) is 5.38. The molecule has 0 aromatic carbocycles. The number of ether oxygens (including phenoxy) is 1. The lowest BCUT2D eigenvalue weighted by Gasteiger charge is -2.42. The van der Waals surface area contributed by atoms with Crippen molar-refractivity contribution in [3.63, 3.8) is 0 Å². The van der Waals surface area contributed by atoms with Crippen LogP contribution in [0.5, 0.6) is 0 Å². The minimum Gasteiger partial charge on any atom is -0.390 e. The van der Waals surface area contributed by atoms with Gasteiger partial charge < -0.3 is 19.7 Å². The Bertz CT molecular complexity index is 492. The molecule has 0 bridgehead atoms. The Morgan fingerprint density at radius 2 is 2.55 bits per heavy atom. The number of nitrogens with one attached hydrogen (secondary N) is 1. The summed E-state index contributed by atoms with van der Waals surface area (Å²) >= 11 is 0. The SMILES string of the molecule is O=C(/C=C/c1cnc[nH]1)N1CC[C@H](O)[C@]2(CCCO2)C1. The summed E-state index contributed by atoms with van der Waals surface area (Å²) in [4.78, 5) is 20.8. The molecular formula is C14H19N3O3. The van der Waals surface area contributed by atoms with Gasteiger partial charge in [-0.2, -0.15) is 0 Å². The molecule has 1 amide bonds. The molecule has 0 saturated carbocycles. The number of aromatic amines is 1. The lowest BCUT2D eigenvalue weighted by atomic mass is 9.87. The van der Waals surface area contributed by atoms with E-state index in [9.17, 15) is 9.90 Å². The zero-order chi connectivity index (χ0) is 14.0. The first-order valence-electron chi connectivity index (χ1n) is 6.97. The molecule has 1 aromatic rings. The average Bonchev–Trinajstić information content (AvgIpc) is 3.12. The van der Waals surface area contributed by atoms with Crippen LogP contribution in [-0.4, -0.2) is 57.3 Å². The van der Waals surface area contributed by atoms with Gasteiger partial charge in [-0.25, -0.2) is 4.98 Å². The number of carbonyl (C=O) groups is 1. The standard InChI is InChI=1S/C14H19N3O3/c18-12-4-6-17(9-14(12)5-1-7-20-14)13(19)3-2-11-8-15-10-16-11/h2-3,8,10,12,18H,1,4-7,9H2,(H,15,16)/b3-2+/t12-,14-/m0/s1. The minimum absolute atomic E-state index is 0.0543. The zero-order valence-corrected chi connectivity index (χ0v) is 11.3. The fraction of sp³-hybridized carbons (Fsp3) is 0.571. The molecule has 2 fully saturated rings. The van der Waals surface area contributed by atoms with E-state index in [2.05, 4.69) is 9.97 Å². The molecule has 2 N–H and O–H groups in total. The fourth-order valence-electron chi connectivity index (χ4n) is 2.97. The lowest BCUT2D eigenvalue weighted by Crippen LogP contribution is -2.57. The van der Waals surface area contributed by atoms with Gasteiger partial charge in [0.15, 0.2) is 0 Å². The second-order valence-electron chi connectivity index (χ2n) is 5.42. The quantitative estimate of drug-likeness (QED) is 0.775. The van der Waals surface area contributed by atoms with Crippen molar-refractivity contribution in [1.29, 1.82) is 0 Å². The van der Waals surface area contributed by atoms with Crippen LogP contribution in [0.25, 0.3) is 6.08 Å². The monoisotopic (exact) mass is 277 g/mol. The molecule has 0 unspecified atom stereocenters. The van der Waals surface area contributed by atoms with Gasteiger partial charge in [0.2, 0.25) is 5.91 Å². The molecule has 2 aliphatic heterocycles. The smallest absolute Gasteiger partial charge is 0.246 e. The van der Waals surface area contributed by atoms with Crippen LogP contribution in [-0.2, 0) is 9.53 Å². The van der Waals surface area contributed by atoms with Crippen molar-refractivity contribution in [3.05, 3.63) is 24.3 Å². The molecule has 1 spiro atoms. The van der Waals surface area contributed by atoms with Crippen LogP contribution in [0.1, 0.15) is 25.0 Å². The third-order valence-electron chi connectivity index (χ3n) is 4.11. The number of amides is 1. The third-order valence-corrected chi connectivity index (χ3v) is 4.11. The predicted molar refractivity (Wildman–Crippen MR) is 72.7 cm³/mol. The maximum atomic E-state index is 12.2. The van der Waals surface area contributed by atoms with Crippen molar-refractivity contribution in [1.82, 2.24) is 14.9 Å². The lowest BCUT2D eigenvalue weighted by molar-refractivity contribution is -0.151. The first-order valence-corrected chi connectivity index (χ1v) is 6.97. The molecule has 0 radical (unpaired) electrons. The summed E-state index contributed by atoms with van der Waals surface area (Å²) in [5.74, 6) is -0.0543. The molecule has 1 aromatic heterocycles.